The standard InChI is InChI=1S/C27H32N2O/c1-19(2)23-16-11-17-24(20(3)4)27(23)29-25(30)18-28-26(21-12-7-5-8-13-21)22-14-9-6-10-15-22/h5-17,19-20,26,28H,18H2,1-4H3,(H,29,30). The molecule has 3 aromatic carbocycles. The summed E-state index contributed by atoms with van der Waals surface area (Å²) in [5.74, 6) is 0.656. The van der Waals surface area contributed by atoms with Crippen molar-refractivity contribution in [3.05, 3.63) is 101 Å². The summed E-state index contributed by atoms with van der Waals surface area (Å²) in [6, 6.07) is 26.8. The van der Waals surface area contributed by atoms with Gasteiger partial charge in [0.2, 0.25) is 5.91 Å². The van der Waals surface area contributed by atoms with Crippen molar-refractivity contribution in [1.29, 1.82) is 0 Å². The Hall–Kier alpha value is -2.91. The molecule has 0 bridgehead atoms. The molecular formula is C27H32N2O. The molecule has 0 heterocycles. The van der Waals surface area contributed by atoms with Crippen LogP contribution in [0.1, 0.15) is 67.8 Å². The van der Waals surface area contributed by atoms with Gasteiger partial charge >= 0.3 is 0 Å². The maximum absolute atomic E-state index is 13.0. The average Bonchev–Trinajstić information content (AvgIpc) is 2.75. The Morgan fingerprint density at radius 1 is 0.700 bits per heavy atom. The van der Waals surface area contributed by atoms with E-state index in [1.54, 1.807) is 0 Å². The van der Waals surface area contributed by atoms with Crippen molar-refractivity contribution < 1.29 is 4.79 Å². The first-order chi connectivity index (χ1) is 14.5. The molecule has 3 heteroatoms. The zero-order valence-electron chi connectivity index (χ0n) is 18.4. The van der Waals surface area contributed by atoms with Crippen LogP contribution in [0.3, 0.4) is 0 Å². The number of anilines is 1. The third-order valence-electron chi connectivity index (χ3n) is 5.37. The minimum absolute atomic E-state index is 0.0261. The fourth-order valence-corrected chi connectivity index (χ4v) is 3.79. The van der Waals surface area contributed by atoms with E-state index in [1.165, 1.54) is 11.1 Å². The summed E-state index contributed by atoms with van der Waals surface area (Å²) < 4.78 is 0. The fraction of sp³-hybridized carbons (Fsp3) is 0.296. The van der Waals surface area contributed by atoms with Gasteiger partial charge in [-0.3, -0.25) is 10.1 Å². The maximum Gasteiger partial charge on any atom is 0.238 e. The van der Waals surface area contributed by atoms with Gasteiger partial charge in [-0.1, -0.05) is 107 Å². The number of benzene rings is 3. The van der Waals surface area contributed by atoms with Crippen LogP contribution in [0.15, 0.2) is 78.9 Å². The Kier molecular flexibility index (Phi) is 7.42. The second kappa shape index (κ2) is 10.2. The summed E-state index contributed by atoms with van der Waals surface area (Å²) in [4.78, 5) is 13.0. The fourth-order valence-electron chi connectivity index (χ4n) is 3.79. The molecule has 0 unspecified atom stereocenters. The first-order valence-electron chi connectivity index (χ1n) is 10.7. The molecule has 0 aliphatic carbocycles. The summed E-state index contributed by atoms with van der Waals surface area (Å²) in [5, 5.41) is 6.66. The SMILES string of the molecule is CC(C)c1cccc(C(C)C)c1NC(=O)CNC(c1ccccc1)c1ccccc1. The highest BCUT2D eigenvalue weighted by atomic mass is 16.1. The molecule has 0 atom stereocenters. The van der Waals surface area contributed by atoms with E-state index in [0.717, 1.165) is 16.8 Å². The second-order valence-corrected chi connectivity index (χ2v) is 8.30. The van der Waals surface area contributed by atoms with Gasteiger partial charge in [0.15, 0.2) is 0 Å². The van der Waals surface area contributed by atoms with E-state index in [4.69, 9.17) is 0 Å². The monoisotopic (exact) mass is 400 g/mol. The van der Waals surface area contributed by atoms with E-state index in [1.807, 2.05) is 36.4 Å². The Labute approximate surface area is 180 Å². The molecule has 0 aliphatic rings. The quantitative estimate of drug-likeness (QED) is 0.469. The molecule has 3 nitrogen and oxygen atoms in total. The number of nitrogens with one attached hydrogen (secondary N) is 2. The molecule has 0 saturated heterocycles. The Bertz CT molecular complexity index is 883. The minimum Gasteiger partial charge on any atom is -0.324 e. The van der Waals surface area contributed by atoms with E-state index in [0.29, 0.717) is 11.8 Å². The van der Waals surface area contributed by atoms with E-state index in [9.17, 15) is 4.79 Å². The van der Waals surface area contributed by atoms with E-state index in [2.05, 4.69) is 80.8 Å². The summed E-state index contributed by atoms with van der Waals surface area (Å²) in [5.41, 5.74) is 5.60. The van der Waals surface area contributed by atoms with E-state index in [-0.39, 0.29) is 18.5 Å². The second-order valence-electron chi connectivity index (χ2n) is 8.30. The Morgan fingerprint density at radius 2 is 1.17 bits per heavy atom. The van der Waals surface area contributed by atoms with Gasteiger partial charge in [-0.25, -0.2) is 0 Å². The molecule has 0 radical (unpaired) electrons. The third-order valence-corrected chi connectivity index (χ3v) is 5.37. The average molecular weight is 401 g/mol. The van der Waals surface area contributed by atoms with Crippen LogP contribution < -0.4 is 10.6 Å². The van der Waals surface area contributed by atoms with Gasteiger partial charge in [0.25, 0.3) is 0 Å². The Balaban J connectivity index is 1.79. The van der Waals surface area contributed by atoms with Crippen molar-refractivity contribution >= 4 is 11.6 Å². The van der Waals surface area contributed by atoms with Gasteiger partial charge in [-0.05, 0) is 34.1 Å². The van der Waals surface area contributed by atoms with Crippen LogP contribution in [0.2, 0.25) is 0 Å². The molecule has 3 aromatic rings. The van der Waals surface area contributed by atoms with Crippen LogP contribution in [0.25, 0.3) is 0 Å². The van der Waals surface area contributed by atoms with Crippen molar-refractivity contribution in [3.8, 4) is 0 Å². The van der Waals surface area contributed by atoms with Crippen molar-refractivity contribution in [3.63, 3.8) is 0 Å². The molecule has 3 rings (SSSR count). The molecule has 30 heavy (non-hydrogen) atoms. The largest absolute Gasteiger partial charge is 0.324 e. The molecule has 0 aliphatic heterocycles. The highest BCUT2D eigenvalue weighted by Gasteiger charge is 2.18. The molecule has 2 N–H and O–H groups in total. The number of amides is 1. The van der Waals surface area contributed by atoms with Gasteiger partial charge in [0.1, 0.15) is 0 Å². The van der Waals surface area contributed by atoms with Gasteiger partial charge in [0, 0.05) is 5.69 Å². The maximum atomic E-state index is 13.0. The van der Waals surface area contributed by atoms with Crippen LogP contribution in [-0.4, -0.2) is 12.5 Å². The van der Waals surface area contributed by atoms with E-state index >= 15 is 0 Å². The van der Waals surface area contributed by atoms with E-state index < -0.39 is 0 Å². The van der Waals surface area contributed by atoms with Gasteiger partial charge in [0.05, 0.1) is 12.6 Å². The predicted octanol–water partition coefficient (Wildman–Crippen LogP) is 6.25. The normalized spacial score (nSPS) is 11.3. The number of hydrogen-bond donors (Lipinski definition) is 2. The number of hydrogen-bond acceptors (Lipinski definition) is 2. The van der Waals surface area contributed by atoms with Gasteiger partial charge in [-0.2, -0.15) is 0 Å². The van der Waals surface area contributed by atoms with Crippen LogP contribution in [0, 0.1) is 0 Å². The first kappa shape index (κ1) is 21.8. The lowest BCUT2D eigenvalue weighted by molar-refractivity contribution is -0.115. The molecule has 1 amide bonds. The summed E-state index contributed by atoms with van der Waals surface area (Å²) in [7, 11) is 0. The highest BCUT2D eigenvalue weighted by Crippen LogP contribution is 2.32. The van der Waals surface area contributed by atoms with Crippen LogP contribution in [-0.2, 0) is 4.79 Å². The topological polar surface area (TPSA) is 41.1 Å². The number of rotatable bonds is 8. The number of carbonyl (C=O) groups excluding carboxylic acids is 1. The van der Waals surface area contributed by atoms with Crippen LogP contribution >= 0.6 is 0 Å². The summed E-state index contributed by atoms with van der Waals surface area (Å²) in [6.45, 7) is 8.88. The van der Waals surface area contributed by atoms with Crippen LogP contribution in [0.5, 0.6) is 0 Å². The summed E-state index contributed by atoms with van der Waals surface area (Å²) >= 11 is 0. The van der Waals surface area contributed by atoms with Crippen molar-refractivity contribution in [2.24, 2.45) is 0 Å². The zero-order chi connectivity index (χ0) is 21.5. The van der Waals surface area contributed by atoms with Crippen molar-refractivity contribution in [2.75, 3.05) is 11.9 Å². The lowest BCUT2D eigenvalue weighted by atomic mass is 9.92. The minimum atomic E-state index is -0.0388. The third kappa shape index (κ3) is 5.37. The van der Waals surface area contributed by atoms with Crippen molar-refractivity contribution in [1.82, 2.24) is 5.32 Å². The predicted molar refractivity (Wildman–Crippen MR) is 126 cm³/mol. The Morgan fingerprint density at radius 3 is 1.60 bits per heavy atom. The molecule has 156 valence electrons. The first-order valence-corrected chi connectivity index (χ1v) is 10.7. The zero-order valence-corrected chi connectivity index (χ0v) is 18.4. The number of para-hydroxylation sites is 1. The smallest absolute Gasteiger partial charge is 0.238 e. The molecule has 0 spiro atoms. The lowest BCUT2D eigenvalue weighted by Gasteiger charge is -2.22. The molecular weight excluding hydrogens is 368 g/mol. The lowest BCUT2D eigenvalue weighted by Crippen LogP contribution is -2.32. The van der Waals surface area contributed by atoms with Gasteiger partial charge in [-0.15, -0.1) is 0 Å². The summed E-state index contributed by atoms with van der Waals surface area (Å²) in [6.07, 6.45) is 0. The van der Waals surface area contributed by atoms with Crippen molar-refractivity contribution in [2.45, 2.75) is 45.6 Å². The highest BCUT2D eigenvalue weighted by molar-refractivity contribution is 5.94. The number of carbonyl (C=O) groups is 1. The van der Waals surface area contributed by atoms with Gasteiger partial charge < -0.3 is 5.32 Å². The molecule has 0 fully saturated rings. The van der Waals surface area contributed by atoms with Crippen LogP contribution in [0.4, 0.5) is 5.69 Å². The molecule has 0 aromatic heterocycles. The molecule has 0 saturated carbocycles.